The van der Waals surface area contributed by atoms with Crippen LogP contribution in [-0.4, -0.2) is 23.9 Å². The number of carbonyl (C=O) groups excluding carboxylic acids is 1. The number of carbonyl (C=O) groups is 1. The minimum atomic E-state index is 0.0641. The van der Waals surface area contributed by atoms with Crippen LogP contribution in [0.25, 0.3) is 11.1 Å². The maximum absolute atomic E-state index is 12.5. The molecule has 0 spiro atoms. The Hall–Kier alpha value is -2.09. The monoisotopic (exact) mass is 277 g/mol. The number of fused-ring (bicyclic) bond motifs is 3. The van der Waals surface area contributed by atoms with E-state index in [0.29, 0.717) is 5.91 Å². The van der Waals surface area contributed by atoms with Crippen LogP contribution in [-0.2, 0) is 11.2 Å². The number of rotatable bonds is 2. The van der Waals surface area contributed by atoms with Gasteiger partial charge in [0.25, 0.3) is 0 Å². The summed E-state index contributed by atoms with van der Waals surface area (Å²) in [6, 6.07) is 15.1. The van der Waals surface area contributed by atoms with Crippen molar-refractivity contribution in [3.8, 4) is 11.1 Å². The second-order valence-corrected chi connectivity index (χ2v) is 5.97. The van der Waals surface area contributed by atoms with Crippen LogP contribution >= 0.6 is 0 Å². The van der Waals surface area contributed by atoms with Crippen molar-refractivity contribution in [1.29, 1.82) is 0 Å². The SMILES string of the molecule is CCN1CCC(c2cccc3c2Cc2ccccc2-3)C1=O. The molecular weight excluding hydrogens is 258 g/mol. The smallest absolute Gasteiger partial charge is 0.230 e. The van der Waals surface area contributed by atoms with E-state index in [1.165, 1.54) is 27.8 Å². The molecule has 2 heteroatoms. The fourth-order valence-corrected chi connectivity index (χ4v) is 3.85. The Morgan fingerprint density at radius 1 is 1.10 bits per heavy atom. The van der Waals surface area contributed by atoms with Crippen molar-refractivity contribution >= 4 is 5.91 Å². The quantitative estimate of drug-likeness (QED) is 0.701. The van der Waals surface area contributed by atoms with Crippen LogP contribution in [0.1, 0.15) is 36.0 Å². The first kappa shape index (κ1) is 12.6. The van der Waals surface area contributed by atoms with Crippen molar-refractivity contribution in [2.45, 2.75) is 25.7 Å². The zero-order chi connectivity index (χ0) is 14.4. The van der Waals surface area contributed by atoms with Gasteiger partial charge in [0.1, 0.15) is 0 Å². The third-order valence-electron chi connectivity index (χ3n) is 4.94. The van der Waals surface area contributed by atoms with Crippen LogP contribution in [0.5, 0.6) is 0 Å². The number of nitrogens with zero attached hydrogens (tertiary/aromatic N) is 1. The molecule has 2 aromatic carbocycles. The van der Waals surface area contributed by atoms with Crippen molar-refractivity contribution in [2.75, 3.05) is 13.1 Å². The summed E-state index contributed by atoms with van der Waals surface area (Å²) >= 11 is 0. The lowest BCUT2D eigenvalue weighted by molar-refractivity contribution is -0.128. The Kier molecular flexibility index (Phi) is 2.85. The summed E-state index contributed by atoms with van der Waals surface area (Å²) in [5.41, 5.74) is 6.68. The van der Waals surface area contributed by atoms with Gasteiger partial charge in [-0.25, -0.2) is 0 Å². The molecule has 2 nitrogen and oxygen atoms in total. The van der Waals surface area contributed by atoms with Crippen molar-refractivity contribution < 1.29 is 4.79 Å². The van der Waals surface area contributed by atoms with Crippen LogP contribution in [0.3, 0.4) is 0 Å². The van der Waals surface area contributed by atoms with Gasteiger partial charge in [0.05, 0.1) is 5.92 Å². The van der Waals surface area contributed by atoms with Gasteiger partial charge in [0.15, 0.2) is 0 Å². The van der Waals surface area contributed by atoms with E-state index in [0.717, 1.165) is 25.9 Å². The highest BCUT2D eigenvalue weighted by molar-refractivity contribution is 5.88. The third kappa shape index (κ3) is 1.82. The Morgan fingerprint density at radius 2 is 1.90 bits per heavy atom. The summed E-state index contributed by atoms with van der Waals surface area (Å²) in [6.07, 6.45) is 1.93. The number of likely N-dealkylation sites (tertiary alicyclic amines) is 1. The number of hydrogen-bond acceptors (Lipinski definition) is 1. The summed E-state index contributed by atoms with van der Waals surface area (Å²) in [6.45, 7) is 3.78. The molecular formula is C19H19NO. The van der Waals surface area contributed by atoms with Crippen molar-refractivity contribution in [1.82, 2.24) is 4.90 Å². The van der Waals surface area contributed by atoms with Gasteiger partial charge in [-0.15, -0.1) is 0 Å². The Morgan fingerprint density at radius 3 is 2.71 bits per heavy atom. The van der Waals surface area contributed by atoms with E-state index >= 15 is 0 Å². The second-order valence-electron chi connectivity index (χ2n) is 5.97. The molecule has 1 heterocycles. The van der Waals surface area contributed by atoms with Crippen LogP contribution in [0.2, 0.25) is 0 Å². The van der Waals surface area contributed by atoms with Gasteiger partial charge in [-0.2, -0.15) is 0 Å². The summed E-state index contributed by atoms with van der Waals surface area (Å²) in [5, 5.41) is 0. The summed E-state index contributed by atoms with van der Waals surface area (Å²) in [4.78, 5) is 14.5. The lowest BCUT2D eigenvalue weighted by Gasteiger charge is -2.16. The highest BCUT2D eigenvalue weighted by atomic mass is 16.2. The molecule has 1 atom stereocenters. The topological polar surface area (TPSA) is 20.3 Å². The maximum atomic E-state index is 12.5. The first-order valence-corrected chi connectivity index (χ1v) is 7.78. The Balaban J connectivity index is 1.79. The number of hydrogen-bond donors (Lipinski definition) is 0. The Labute approximate surface area is 125 Å². The fraction of sp³-hybridized carbons (Fsp3) is 0.316. The molecule has 106 valence electrons. The van der Waals surface area contributed by atoms with E-state index in [1.807, 2.05) is 4.90 Å². The lowest BCUT2D eigenvalue weighted by Crippen LogP contribution is -2.26. The van der Waals surface area contributed by atoms with Crippen molar-refractivity contribution in [3.63, 3.8) is 0 Å². The van der Waals surface area contributed by atoms with Crippen LogP contribution in [0.15, 0.2) is 42.5 Å². The molecule has 1 aliphatic carbocycles. The molecule has 0 aromatic heterocycles. The van der Waals surface area contributed by atoms with E-state index in [-0.39, 0.29) is 5.92 Å². The molecule has 1 aliphatic heterocycles. The van der Waals surface area contributed by atoms with Gasteiger partial charge in [-0.05, 0) is 47.6 Å². The predicted molar refractivity (Wildman–Crippen MR) is 84.3 cm³/mol. The molecule has 21 heavy (non-hydrogen) atoms. The van der Waals surface area contributed by atoms with Gasteiger partial charge < -0.3 is 4.90 Å². The average molecular weight is 277 g/mol. The molecule has 0 saturated carbocycles. The summed E-state index contributed by atoms with van der Waals surface area (Å²) < 4.78 is 0. The molecule has 0 radical (unpaired) electrons. The zero-order valence-electron chi connectivity index (χ0n) is 12.3. The van der Waals surface area contributed by atoms with Crippen molar-refractivity contribution in [2.24, 2.45) is 0 Å². The maximum Gasteiger partial charge on any atom is 0.230 e. The normalized spacial score (nSPS) is 19.8. The van der Waals surface area contributed by atoms with Gasteiger partial charge >= 0.3 is 0 Å². The molecule has 0 N–H and O–H groups in total. The van der Waals surface area contributed by atoms with Crippen LogP contribution < -0.4 is 0 Å². The molecule has 4 rings (SSSR count). The van der Waals surface area contributed by atoms with Gasteiger partial charge in [-0.1, -0.05) is 42.5 Å². The molecule has 2 aromatic rings. The largest absolute Gasteiger partial charge is 0.342 e. The first-order valence-electron chi connectivity index (χ1n) is 7.78. The lowest BCUT2D eigenvalue weighted by atomic mass is 9.90. The average Bonchev–Trinajstić information content (AvgIpc) is 3.07. The van der Waals surface area contributed by atoms with Gasteiger partial charge in [-0.3, -0.25) is 4.79 Å². The predicted octanol–water partition coefficient (Wildman–Crippen LogP) is 3.59. The van der Waals surface area contributed by atoms with E-state index < -0.39 is 0 Å². The van der Waals surface area contributed by atoms with E-state index in [1.54, 1.807) is 0 Å². The van der Waals surface area contributed by atoms with E-state index in [9.17, 15) is 4.79 Å². The first-order chi connectivity index (χ1) is 10.3. The van der Waals surface area contributed by atoms with Crippen molar-refractivity contribution in [3.05, 3.63) is 59.2 Å². The highest BCUT2D eigenvalue weighted by Crippen LogP contribution is 2.42. The molecule has 1 unspecified atom stereocenters. The highest BCUT2D eigenvalue weighted by Gasteiger charge is 2.34. The van der Waals surface area contributed by atoms with Crippen LogP contribution in [0, 0.1) is 0 Å². The van der Waals surface area contributed by atoms with Crippen LogP contribution in [0.4, 0.5) is 0 Å². The molecule has 2 aliphatic rings. The Bertz CT molecular complexity index is 719. The number of amides is 1. The van der Waals surface area contributed by atoms with E-state index in [2.05, 4.69) is 49.4 Å². The molecule has 1 amide bonds. The number of likely N-dealkylation sites (N-methyl/N-ethyl adjacent to an activating group) is 1. The molecule has 1 saturated heterocycles. The van der Waals surface area contributed by atoms with E-state index in [4.69, 9.17) is 0 Å². The summed E-state index contributed by atoms with van der Waals surface area (Å²) in [7, 11) is 0. The second kappa shape index (κ2) is 4.73. The minimum absolute atomic E-state index is 0.0641. The minimum Gasteiger partial charge on any atom is -0.342 e. The van der Waals surface area contributed by atoms with Gasteiger partial charge in [0, 0.05) is 13.1 Å². The fourth-order valence-electron chi connectivity index (χ4n) is 3.85. The standard InChI is InChI=1S/C19H19NO/c1-2-20-11-10-17(19(20)21)16-9-5-8-15-14-7-4-3-6-13(14)12-18(15)16/h3-9,17H,2,10-12H2,1H3. The molecule has 1 fully saturated rings. The number of benzene rings is 2. The molecule has 0 bridgehead atoms. The third-order valence-corrected chi connectivity index (χ3v) is 4.94. The zero-order valence-corrected chi connectivity index (χ0v) is 12.3. The summed E-state index contributed by atoms with van der Waals surface area (Å²) in [5.74, 6) is 0.371. The van der Waals surface area contributed by atoms with Gasteiger partial charge in [0.2, 0.25) is 5.91 Å².